The lowest BCUT2D eigenvalue weighted by molar-refractivity contribution is 0.0690. The SMILES string of the molecule is O=C(O)c1cc(=O)c(OCc2cccc(Cl)c2)c[nH]1. The Kier molecular flexibility index (Phi) is 3.87. The Labute approximate surface area is 113 Å². The third-order valence-electron chi connectivity index (χ3n) is 2.39. The summed E-state index contributed by atoms with van der Waals surface area (Å²) in [5.41, 5.74) is 0.146. The van der Waals surface area contributed by atoms with Crippen molar-refractivity contribution in [1.29, 1.82) is 0 Å². The average molecular weight is 280 g/mol. The Balaban J connectivity index is 2.12. The lowest BCUT2D eigenvalue weighted by Crippen LogP contribution is -2.12. The second-order valence-corrected chi connectivity index (χ2v) is 4.24. The molecule has 1 aromatic heterocycles. The molecule has 0 unspecified atom stereocenters. The summed E-state index contributed by atoms with van der Waals surface area (Å²) in [6.07, 6.45) is 1.23. The van der Waals surface area contributed by atoms with Gasteiger partial charge in [0, 0.05) is 17.3 Å². The zero-order chi connectivity index (χ0) is 13.8. The number of rotatable bonds is 4. The molecule has 0 saturated heterocycles. The number of nitrogens with one attached hydrogen (secondary N) is 1. The van der Waals surface area contributed by atoms with Crippen molar-refractivity contribution in [2.24, 2.45) is 0 Å². The van der Waals surface area contributed by atoms with Gasteiger partial charge in [0.25, 0.3) is 0 Å². The van der Waals surface area contributed by atoms with Gasteiger partial charge in [-0.05, 0) is 17.7 Å². The first-order chi connectivity index (χ1) is 9.06. The summed E-state index contributed by atoms with van der Waals surface area (Å²) in [6, 6.07) is 8.03. The summed E-state index contributed by atoms with van der Waals surface area (Å²) in [5.74, 6) is -1.14. The zero-order valence-corrected chi connectivity index (χ0v) is 10.5. The monoisotopic (exact) mass is 279 g/mol. The number of aromatic amines is 1. The van der Waals surface area contributed by atoms with Crippen molar-refractivity contribution in [2.45, 2.75) is 6.61 Å². The molecule has 0 aliphatic rings. The maximum Gasteiger partial charge on any atom is 0.352 e. The smallest absolute Gasteiger partial charge is 0.352 e. The van der Waals surface area contributed by atoms with Crippen LogP contribution >= 0.6 is 11.6 Å². The highest BCUT2D eigenvalue weighted by atomic mass is 35.5. The molecule has 2 rings (SSSR count). The van der Waals surface area contributed by atoms with Gasteiger partial charge in [-0.3, -0.25) is 4.79 Å². The van der Waals surface area contributed by atoms with Crippen molar-refractivity contribution in [3.63, 3.8) is 0 Å². The molecule has 5 nitrogen and oxygen atoms in total. The van der Waals surface area contributed by atoms with Gasteiger partial charge in [0.2, 0.25) is 5.43 Å². The molecule has 2 N–H and O–H groups in total. The first kappa shape index (κ1) is 13.2. The number of benzene rings is 1. The lowest BCUT2D eigenvalue weighted by Gasteiger charge is -2.06. The summed E-state index contributed by atoms with van der Waals surface area (Å²) in [5, 5.41) is 9.29. The number of carboxylic acid groups (broad SMARTS) is 1. The average Bonchev–Trinajstić information content (AvgIpc) is 2.37. The quantitative estimate of drug-likeness (QED) is 0.900. The van der Waals surface area contributed by atoms with Crippen molar-refractivity contribution in [1.82, 2.24) is 4.98 Å². The Hall–Kier alpha value is -2.27. The minimum absolute atomic E-state index is 0.0602. The van der Waals surface area contributed by atoms with Crippen LogP contribution in [-0.2, 0) is 6.61 Å². The number of ether oxygens (including phenoxy) is 1. The Morgan fingerprint density at radius 3 is 2.79 bits per heavy atom. The van der Waals surface area contributed by atoms with Crippen LogP contribution in [0, 0.1) is 0 Å². The lowest BCUT2D eigenvalue weighted by atomic mass is 10.2. The van der Waals surface area contributed by atoms with Crippen LogP contribution in [0.25, 0.3) is 0 Å². The van der Waals surface area contributed by atoms with Crippen LogP contribution in [-0.4, -0.2) is 16.1 Å². The Morgan fingerprint density at radius 2 is 2.16 bits per heavy atom. The number of H-pyrrole nitrogens is 1. The van der Waals surface area contributed by atoms with Gasteiger partial charge in [-0.15, -0.1) is 0 Å². The number of halogens is 1. The summed E-state index contributed by atoms with van der Waals surface area (Å²) < 4.78 is 5.32. The van der Waals surface area contributed by atoms with E-state index < -0.39 is 11.4 Å². The highest BCUT2D eigenvalue weighted by Crippen LogP contribution is 2.12. The van der Waals surface area contributed by atoms with Crippen molar-refractivity contribution < 1.29 is 14.6 Å². The number of hydrogen-bond acceptors (Lipinski definition) is 3. The zero-order valence-electron chi connectivity index (χ0n) is 9.72. The topological polar surface area (TPSA) is 79.4 Å². The maximum atomic E-state index is 11.6. The minimum Gasteiger partial charge on any atom is -0.483 e. The van der Waals surface area contributed by atoms with Gasteiger partial charge in [0.1, 0.15) is 12.3 Å². The van der Waals surface area contributed by atoms with Gasteiger partial charge in [-0.2, -0.15) is 0 Å². The van der Waals surface area contributed by atoms with Crippen LogP contribution in [0.2, 0.25) is 5.02 Å². The molecule has 0 amide bonds. The molecule has 2 aromatic rings. The molecule has 0 bridgehead atoms. The van der Waals surface area contributed by atoms with Crippen LogP contribution in [0.1, 0.15) is 16.1 Å². The number of hydrogen-bond donors (Lipinski definition) is 2. The predicted molar refractivity (Wildman–Crippen MR) is 69.8 cm³/mol. The highest BCUT2D eigenvalue weighted by Gasteiger charge is 2.07. The molecular weight excluding hydrogens is 270 g/mol. The molecule has 0 fully saturated rings. The molecule has 0 aliphatic carbocycles. The van der Waals surface area contributed by atoms with E-state index in [1.54, 1.807) is 18.2 Å². The summed E-state index contributed by atoms with van der Waals surface area (Å²) in [4.78, 5) is 24.7. The minimum atomic E-state index is -1.20. The second-order valence-electron chi connectivity index (χ2n) is 3.80. The standard InChI is InChI=1S/C13H10ClNO4/c14-9-3-1-2-8(4-9)7-19-12-6-15-10(13(17)18)5-11(12)16/h1-6H,7H2,(H,15,16)(H,17,18). The third kappa shape index (κ3) is 3.35. The first-order valence-electron chi connectivity index (χ1n) is 5.39. The largest absolute Gasteiger partial charge is 0.483 e. The number of aromatic carboxylic acids is 1. The van der Waals surface area contributed by atoms with Crippen molar-refractivity contribution in [3.8, 4) is 5.75 Å². The van der Waals surface area contributed by atoms with Crippen molar-refractivity contribution in [2.75, 3.05) is 0 Å². The number of carboxylic acids is 1. The number of carbonyl (C=O) groups is 1. The van der Waals surface area contributed by atoms with Gasteiger partial charge in [-0.1, -0.05) is 23.7 Å². The first-order valence-corrected chi connectivity index (χ1v) is 5.77. The van der Waals surface area contributed by atoms with E-state index in [0.29, 0.717) is 5.02 Å². The molecule has 1 heterocycles. The molecule has 0 spiro atoms. The molecule has 0 saturated carbocycles. The van der Waals surface area contributed by atoms with E-state index >= 15 is 0 Å². The van der Waals surface area contributed by atoms with Crippen LogP contribution in [0.5, 0.6) is 5.75 Å². The summed E-state index contributed by atoms with van der Waals surface area (Å²) in [7, 11) is 0. The van der Waals surface area contributed by atoms with Crippen LogP contribution < -0.4 is 10.2 Å². The molecule has 19 heavy (non-hydrogen) atoms. The van der Waals surface area contributed by atoms with E-state index in [-0.39, 0.29) is 18.1 Å². The number of aromatic nitrogens is 1. The van der Waals surface area contributed by atoms with Gasteiger partial charge in [0.05, 0.1) is 0 Å². The van der Waals surface area contributed by atoms with Crippen LogP contribution in [0.3, 0.4) is 0 Å². The summed E-state index contributed by atoms with van der Waals surface area (Å²) >= 11 is 5.82. The summed E-state index contributed by atoms with van der Waals surface area (Å²) in [6.45, 7) is 0.177. The van der Waals surface area contributed by atoms with E-state index in [2.05, 4.69) is 4.98 Å². The molecule has 1 aromatic carbocycles. The molecule has 0 atom stereocenters. The Morgan fingerprint density at radius 1 is 1.37 bits per heavy atom. The van der Waals surface area contributed by atoms with Crippen LogP contribution in [0.15, 0.2) is 41.3 Å². The fourth-order valence-electron chi connectivity index (χ4n) is 1.48. The maximum absolute atomic E-state index is 11.6. The normalized spacial score (nSPS) is 10.2. The second kappa shape index (κ2) is 5.58. The van der Waals surface area contributed by atoms with Crippen LogP contribution in [0.4, 0.5) is 0 Å². The molecular formula is C13H10ClNO4. The van der Waals surface area contributed by atoms with E-state index in [4.69, 9.17) is 21.4 Å². The third-order valence-corrected chi connectivity index (χ3v) is 2.63. The van der Waals surface area contributed by atoms with Gasteiger partial charge < -0.3 is 14.8 Å². The van der Waals surface area contributed by atoms with Crippen molar-refractivity contribution >= 4 is 17.6 Å². The fourth-order valence-corrected chi connectivity index (χ4v) is 1.70. The van der Waals surface area contributed by atoms with E-state index in [1.807, 2.05) is 6.07 Å². The fraction of sp³-hybridized carbons (Fsp3) is 0.0769. The molecule has 6 heteroatoms. The molecule has 0 aliphatic heterocycles. The van der Waals surface area contributed by atoms with Gasteiger partial charge in [0.15, 0.2) is 5.75 Å². The van der Waals surface area contributed by atoms with Gasteiger partial charge >= 0.3 is 5.97 Å². The molecule has 98 valence electrons. The molecule has 0 radical (unpaired) electrons. The van der Waals surface area contributed by atoms with E-state index in [0.717, 1.165) is 11.6 Å². The Bertz CT molecular complexity index is 666. The van der Waals surface area contributed by atoms with E-state index in [1.165, 1.54) is 6.20 Å². The predicted octanol–water partition coefficient (Wildman–Crippen LogP) is 2.31. The van der Waals surface area contributed by atoms with Crippen molar-refractivity contribution in [3.05, 3.63) is 63.0 Å². The highest BCUT2D eigenvalue weighted by molar-refractivity contribution is 6.30. The van der Waals surface area contributed by atoms with Gasteiger partial charge in [-0.25, -0.2) is 4.79 Å². The van der Waals surface area contributed by atoms with E-state index in [9.17, 15) is 9.59 Å². The number of pyridine rings is 1.